The zero-order valence-electron chi connectivity index (χ0n) is 15.8. The fourth-order valence-electron chi connectivity index (χ4n) is 4.27. The third kappa shape index (κ3) is 5.05. The first-order valence-electron chi connectivity index (χ1n) is 9.94. The first kappa shape index (κ1) is 18.4. The van der Waals surface area contributed by atoms with Gasteiger partial charge in [0.2, 0.25) is 5.91 Å². The van der Waals surface area contributed by atoms with E-state index >= 15 is 0 Å². The molecule has 3 rings (SSSR count). The summed E-state index contributed by atoms with van der Waals surface area (Å²) in [4.78, 5) is 17.5. The number of carbonyl (C=O) groups is 1. The number of hydrogen-bond acceptors (Lipinski definition) is 3. The molecule has 4 heteroatoms. The minimum atomic E-state index is 0.0912. The van der Waals surface area contributed by atoms with E-state index in [4.69, 9.17) is 0 Å². The molecule has 25 heavy (non-hydrogen) atoms. The van der Waals surface area contributed by atoms with E-state index < -0.39 is 0 Å². The third-order valence-corrected chi connectivity index (χ3v) is 5.76. The van der Waals surface area contributed by atoms with Gasteiger partial charge < -0.3 is 5.32 Å². The highest BCUT2D eigenvalue weighted by Crippen LogP contribution is 2.24. The first-order valence-corrected chi connectivity index (χ1v) is 9.94. The van der Waals surface area contributed by atoms with Crippen LogP contribution in [0.1, 0.15) is 51.1 Å². The molecule has 4 nitrogen and oxygen atoms in total. The van der Waals surface area contributed by atoms with Crippen LogP contribution < -0.4 is 5.32 Å². The molecule has 1 heterocycles. The van der Waals surface area contributed by atoms with Crippen molar-refractivity contribution in [2.24, 2.45) is 5.92 Å². The third-order valence-electron chi connectivity index (χ3n) is 5.76. The molecule has 0 radical (unpaired) electrons. The number of rotatable bonds is 6. The van der Waals surface area contributed by atoms with Crippen LogP contribution >= 0.6 is 0 Å². The Hall–Kier alpha value is -1.39. The molecule has 2 aliphatic rings. The highest BCUT2D eigenvalue weighted by Gasteiger charge is 2.27. The molecule has 0 spiro atoms. The molecule has 1 aromatic rings. The van der Waals surface area contributed by atoms with Gasteiger partial charge in [-0.3, -0.25) is 14.6 Å². The second-order valence-corrected chi connectivity index (χ2v) is 7.95. The Morgan fingerprint density at radius 3 is 2.32 bits per heavy atom. The van der Waals surface area contributed by atoms with Crippen LogP contribution in [-0.2, 0) is 4.79 Å². The molecule has 0 aromatic heterocycles. The van der Waals surface area contributed by atoms with Crippen molar-refractivity contribution in [1.29, 1.82) is 0 Å². The topological polar surface area (TPSA) is 35.6 Å². The monoisotopic (exact) mass is 343 g/mol. The lowest BCUT2D eigenvalue weighted by Gasteiger charge is -2.38. The Labute approximate surface area is 152 Å². The number of nitrogens with one attached hydrogen (secondary N) is 1. The average molecular weight is 344 g/mol. The molecule has 1 aliphatic carbocycles. The molecule has 1 aliphatic heterocycles. The van der Waals surface area contributed by atoms with Crippen LogP contribution in [0.15, 0.2) is 30.3 Å². The summed E-state index contributed by atoms with van der Waals surface area (Å²) in [6.07, 6.45) is 5.52. The SMILES string of the molecule is CC(C)C(NC(=O)CN1CCN(C2CCCC2)CC1)c1ccccc1. The van der Waals surface area contributed by atoms with E-state index in [2.05, 4.69) is 41.1 Å². The van der Waals surface area contributed by atoms with E-state index in [1.165, 1.54) is 31.2 Å². The maximum atomic E-state index is 12.6. The molecule has 0 bridgehead atoms. The summed E-state index contributed by atoms with van der Waals surface area (Å²) in [5.41, 5.74) is 1.19. The largest absolute Gasteiger partial charge is 0.348 e. The van der Waals surface area contributed by atoms with Crippen LogP contribution in [0.4, 0.5) is 0 Å². The summed E-state index contributed by atoms with van der Waals surface area (Å²) in [7, 11) is 0. The van der Waals surface area contributed by atoms with Crippen molar-refractivity contribution in [3.05, 3.63) is 35.9 Å². The Kier molecular flexibility index (Phi) is 6.49. The summed E-state index contributed by atoms with van der Waals surface area (Å²) in [6.45, 7) is 9.11. The van der Waals surface area contributed by atoms with Crippen molar-refractivity contribution in [2.45, 2.75) is 51.6 Å². The van der Waals surface area contributed by atoms with Crippen LogP contribution in [0.3, 0.4) is 0 Å². The van der Waals surface area contributed by atoms with Crippen LogP contribution in [-0.4, -0.2) is 54.5 Å². The van der Waals surface area contributed by atoms with Gasteiger partial charge in [0, 0.05) is 32.2 Å². The number of carbonyl (C=O) groups excluding carboxylic acids is 1. The fraction of sp³-hybridized carbons (Fsp3) is 0.667. The standard InChI is InChI=1S/C21H33N3O/c1-17(2)21(18-8-4-3-5-9-18)22-20(25)16-23-12-14-24(15-13-23)19-10-6-7-11-19/h3-5,8-9,17,19,21H,6-7,10-16H2,1-2H3,(H,22,25). The predicted octanol–water partition coefficient (Wildman–Crippen LogP) is 3.06. The van der Waals surface area contributed by atoms with E-state index in [9.17, 15) is 4.79 Å². The maximum absolute atomic E-state index is 12.6. The first-order chi connectivity index (χ1) is 12.1. The smallest absolute Gasteiger partial charge is 0.234 e. The Morgan fingerprint density at radius 1 is 1.08 bits per heavy atom. The number of amides is 1. The number of benzene rings is 1. The van der Waals surface area contributed by atoms with E-state index in [1.54, 1.807) is 0 Å². The molecule has 1 saturated heterocycles. The van der Waals surface area contributed by atoms with Crippen molar-refractivity contribution in [2.75, 3.05) is 32.7 Å². The summed E-state index contributed by atoms with van der Waals surface area (Å²) in [5.74, 6) is 0.530. The van der Waals surface area contributed by atoms with Crippen LogP contribution in [0.2, 0.25) is 0 Å². The van der Waals surface area contributed by atoms with Crippen molar-refractivity contribution < 1.29 is 4.79 Å². The lowest BCUT2D eigenvalue weighted by atomic mass is 9.96. The Morgan fingerprint density at radius 2 is 1.72 bits per heavy atom. The van der Waals surface area contributed by atoms with E-state index in [-0.39, 0.29) is 11.9 Å². The van der Waals surface area contributed by atoms with Gasteiger partial charge in [0.05, 0.1) is 12.6 Å². The normalized spacial score (nSPS) is 21.6. The molecule has 1 N–H and O–H groups in total. The van der Waals surface area contributed by atoms with Gasteiger partial charge in [-0.1, -0.05) is 57.0 Å². The molecular weight excluding hydrogens is 310 g/mol. The zero-order valence-corrected chi connectivity index (χ0v) is 15.8. The molecule has 1 saturated carbocycles. The lowest BCUT2D eigenvalue weighted by molar-refractivity contribution is -0.123. The minimum Gasteiger partial charge on any atom is -0.348 e. The van der Waals surface area contributed by atoms with Gasteiger partial charge in [0.1, 0.15) is 0 Å². The highest BCUT2D eigenvalue weighted by molar-refractivity contribution is 5.78. The van der Waals surface area contributed by atoms with Gasteiger partial charge in [-0.15, -0.1) is 0 Å². The van der Waals surface area contributed by atoms with E-state index in [1.807, 2.05) is 18.2 Å². The predicted molar refractivity (Wildman–Crippen MR) is 102 cm³/mol. The van der Waals surface area contributed by atoms with E-state index in [0.717, 1.165) is 32.2 Å². The van der Waals surface area contributed by atoms with Gasteiger partial charge in [-0.05, 0) is 24.3 Å². The lowest BCUT2D eigenvalue weighted by Crippen LogP contribution is -2.52. The number of hydrogen-bond donors (Lipinski definition) is 1. The van der Waals surface area contributed by atoms with Crippen molar-refractivity contribution >= 4 is 5.91 Å². The summed E-state index contributed by atoms with van der Waals surface area (Å²) in [6, 6.07) is 11.2. The minimum absolute atomic E-state index is 0.0912. The van der Waals surface area contributed by atoms with Gasteiger partial charge in [0.15, 0.2) is 0 Å². The van der Waals surface area contributed by atoms with Crippen LogP contribution in [0.25, 0.3) is 0 Å². The maximum Gasteiger partial charge on any atom is 0.234 e. The molecular formula is C21H33N3O. The molecule has 138 valence electrons. The molecule has 1 unspecified atom stereocenters. The van der Waals surface area contributed by atoms with E-state index in [0.29, 0.717) is 12.5 Å². The van der Waals surface area contributed by atoms with Gasteiger partial charge in [-0.2, -0.15) is 0 Å². The van der Waals surface area contributed by atoms with Crippen LogP contribution in [0, 0.1) is 5.92 Å². The second-order valence-electron chi connectivity index (χ2n) is 7.95. The average Bonchev–Trinajstić information content (AvgIpc) is 3.15. The van der Waals surface area contributed by atoms with Crippen molar-refractivity contribution in [1.82, 2.24) is 15.1 Å². The molecule has 1 amide bonds. The van der Waals surface area contributed by atoms with Gasteiger partial charge >= 0.3 is 0 Å². The van der Waals surface area contributed by atoms with Crippen molar-refractivity contribution in [3.8, 4) is 0 Å². The number of piperazine rings is 1. The Balaban J connectivity index is 1.47. The molecule has 1 atom stereocenters. The number of nitrogens with zero attached hydrogens (tertiary/aromatic N) is 2. The van der Waals surface area contributed by atoms with Crippen LogP contribution in [0.5, 0.6) is 0 Å². The Bertz CT molecular complexity index is 531. The molecule has 1 aromatic carbocycles. The van der Waals surface area contributed by atoms with Crippen molar-refractivity contribution in [3.63, 3.8) is 0 Å². The molecule has 2 fully saturated rings. The highest BCUT2D eigenvalue weighted by atomic mass is 16.2. The second kappa shape index (κ2) is 8.81. The quantitative estimate of drug-likeness (QED) is 0.862. The van der Waals surface area contributed by atoms with Gasteiger partial charge in [0.25, 0.3) is 0 Å². The summed E-state index contributed by atoms with van der Waals surface area (Å²) >= 11 is 0. The fourth-order valence-corrected chi connectivity index (χ4v) is 4.27. The zero-order chi connectivity index (χ0) is 17.6. The van der Waals surface area contributed by atoms with Gasteiger partial charge in [-0.25, -0.2) is 0 Å². The summed E-state index contributed by atoms with van der Waals surface area (Å²) in [5, 5.41) is 3.25. The summed E-state index contributed by atoms with van der Waals surface area (Å²) < 4.78 is 0.